The van der Waals surface area contributed by atoms with Crippen LogP contribution in [-0.4, -0.2) is 27.4 Å². The van der Waals surface area contributed by atoms with Gasteiger partial charge in [0, 0.05) is 13.5 Å². The zero-order valence-electron chi connectivity index (χ0n) is 8.99. The summed E-state index contributed by atoms with van der Waals surface area (Å²) in [6.07, 6.45) is 4.04. The molecule has 1 aromatic heterocycles. The van der Waals surface area contributed by atoms with E-state index < -0.39 is 5.60 Å². The van der Waals surface area contributed by atoms with Crippen molar-refractivity contribution in [1.29, 1.82) is 0 Å². The summed E-state index contributed by atoms with van der Waals surface area (Å²) in [5.74, 6) is 1.22. The van der Waals surface area contributed by atoms with Gasteiger partial charge < -0.3 is 14.9 Å². The molecule has 2 rings (SSSR count). The summed E-state index contributed by atoms with van der Waals surface area (Å²) in [5.41, 5.74) is -0.515. The summed E-state index contributed by atoms with van der Waals surface area (Å²) < 4.78 is 4.85. The van der Waals surface area contributed by atoms with E-state index in [2.05, 4.69) is 15.5 Å². The lowest BCUT2D eigenvalue weighted by molar-refractivity contribution is 0.0473. The number of rotatable bonds is 4. The van der Waals surface area contributed by atoms with Crippen LogP contribution in [0.25, 0.3) is 0 Å². The Hall–Kier alpha value is -0.940. The highest BCUT2D eigenvalue weighted by atomic mass is 16.5. The molecule has 0 saturated heterocycles. The first-order valence-corrected chi connectivity index (χ1v) is 5.40. The Kier molecular flexibility index (Phi) is 3.02. The van der Waals surface area contributed by atoms with Gasteiger partial charge in [0.2, 0.25) is 5.89 Å². The highest BCUT2D eigenvalue weighted by molar-refractivity contribution is 4.88. The summed E-state index contributed by atoms with van der Waals surface area (Å²) in [4.78, 5) is 4.08. The molecule has 1 aliphatic rings. The van der Waals surface area contributed by atoms with Crippen LogP contribution < -0.4 is 5.32 Å². The van der Waals surface area contributed by atoms with Crippen LogP contribution in [0, 0.1) is 6.92 Å². The van der Waals surface area contributed by atoms with Gasteiger partial charge >= 0.3 is 0 Å². The summed E-state index contributed by atoms with van der Waals surface area (Å²) >= 11 is 0. The first-order chi connectivity index (χ1) is 7.18. The molecule has 1 saturated carbocycles. The van der Waals surface area contributed by atoms with E-state index >= 15 is 0 Å². The number of hydrogen-bond donors (Lipinski definition) is 2. The molecule has 0 spiro atoms. The molecular weight excluding hydrogens is 194 g/mol. The van der Waals surface area contributed by atoms with Crippen LogP contribution in [0.2, 0.25) is 0 Å². The fourth-order valence-corrected chi connectivity index (χ4v) is 2.03. The first-order valence-electron chi connectivity index (χ1n) is 5.40. The van der Waals surface area contributed by atoms with Crippen molar-refractivity contribution in [3.8, 4) is 0 Å². The second-order valence-electron chi connectivity index (χ2n) is 4.26. The van der Waals surface area contributed by atoms with Crippen molar-refractivity contribution in [2.75, 3.05) is 6.54 Å². The van der Waals surface area contributed by atoms with Crippen LogP contribution in [0.5, 0.6) is 0 Å². The third-order valence-corrected chi connectivity index (χ3v) is 2.84. The van der Waals surface area contributed by atoms with E-state index in [0.717, 1.165) is 25.7 Å². The lowest BCUT2D eigenvalue weighted by atomic mass is 10.0. The Labute approximate surface area is 88.9 Å². The molecule has 1 aliphatic carbocycles. The number of nitrogens with zero attached hydrogens (tertiary/aromatic N) is 2. The van der Waals surface area contributed by atoms with Crippen molar-refractivity contribution in [1.82, 2.24) is 15.5 Å². The van der Waals surface area contributed by atoms with Crippen LogP contribution in [-0.2, 0) is 6.54 Å². The zero-order chi connectivity index (χ0) is 10.7. The van der Waals surface area contributed by atoms with Crippen LogP contribution in [0.4, 0.5) is 0 Å². The Morgan fingerprint density at radius 1 is 1.47 bits per heavy atom. The Balaban J connectivity index is 1.75. The molecule has 5 nitrogen and oxygen atoms in total. The van der Waals surface area contributed by atoms with Crippen molar-refractivity contribution < 1.29 is 9.63 Å². The molecule has 0 atom stereocenters. The summed E-state index contributed by atoms with van der Waals surface area (Å²) in [7, 11) is 0. The third-order valence-electron chi connectivity index (χ3n) is 2.84. The van der Waals surface area contributed by atoms with Gasteiger partial charge in [-0.05, 0) is 12.8 Å². The lowest BCUT2D eigenvalue weighted by Crippen LogP contribution is -2.37. The molecule has 5 heteroatoms. The average molecular weight is 211 g/mol. The van der Waals surface area contributed by atoms with Crippen LogP contribution in [0.3, 0.4) is 0 Å². The minimum absolute atomic E-state index is 0.515. The fraction of sp³-hybridized carbons (Fsp3) is 0.800. The highest BCUT2D eigenvalue weighted by Gasteiger charge is 2.30. The maximum absolute atomic E-state index is 10.0. The summed E-state index contributed by atoms with van der Waals surface area (Å²) in [6, 6.07) is 0. The summed E-state index contributed by atoms with van der Waals surface area (Å²) in [6.45, 7) is 2.93. The van der Waals surface area contributed by atoms with Gasteiger partial charge in [0.15, 0.2) is 5.82 Å². The minimum atomic E-state index is -0.515. The Morgan fingerprint density at radius 3 is 2.80 bits per heavy atom. The second-order valence-corrected chi connectivity index (χ2v) is 4.26. The Bertz CT molecular complexity index is 318. The number of hydrogen-bond acceptors (Lipinski definition) is 5. The highest BCUT2D eigenvalue weighted by Crippen LogP contribution is 2.28. The molecule has 0 amide bonds. The third kappa shape index (κ3) is 2.76. The fourth-order valence-electron chi connectivity index (χ4n) is 2.03. The number of aromatic nitrogens is 2. The molecular formula is C10H17N3O2. The van der Waals surface area contributed by atoms with Crippen molar-refractivity contribution in [3.63, 3.8) is 0 Å². The normalized spacial score (nSPS) is 19.6. The van der Waals surface area contributed by atoms with E-state index in [0.29, 0.717) is 24.8 Å². The number of aliphatic hydroxyl groups is 1. The Morgan fingerprint density at radius 2 is 2.20 bits per heavy atom. The molecule has 1 heterocycles. The van der Waals surface area contributed by atoms with Crippen LogP contribution in [0.15, 0.2) is 4.52 Å². The van der Waals surface area contributed by atoms with Gasteiger partial charge in [-0.3, -0.25) is 0 Å². The quantitative estimate of drug-likeness (QED) is 0.769. The predicted molar refractivity (Wildman–Crippen MR) is 54.2 cm³/mol. The minimum Gasteiger partial charge on any atom is -0.389 e. The topological polar surface area (TPSA) is 71.2 Å². The predicted octanol–water partition coefficient (Wildman–Crippen LogP) is 0.773. The van der Waals surface area contributed by atoms with Crippen molar-refractivity contribution in [2.24, 2.45) is 0 Å². The van der Waals surface area contributed by atoms with Crippen molar-refractivity contribution in [3.05, 3.63) is 11.7 Å². The monoisotopic (exact) mass is 211 g/mol. The first kappa shape index (κ1) is 10.6. The van der Waals surface area contributed by atoms with Gasteiger partial charge in [0.1, 0.15) is 0 Å². The van der Waals surface area contributed by atoms with Gasteiger partial charge in [-0.1, -0.05) is 18.0 Å². The molecule has 0 aliphatic heterocycles. The van der Waals surface area contributed by atoms with E-state index in [1.807, 2.05) is 0 Å². The summed E-state index contributed by atoms with van der Waals surface area (Å²) in [5, 5.41) is 17.0. The maximum atomic E-state index is 10.0. The molecule has 0 radical (unpaired) electrons. The molecule has 2 N–H and O–H groups in total. The van der Waals surface area contributed by atoms with Crippen LogP contribution >= 0.6 is 0 Å². The second kappa shape index (κ2) is 4.28. The lowest BCUT2D eigenvalue weighted by Gasteiger charge is -2.21. The maximum Gasteiger partial charge on any atom is 0.223 e. The molecule has 1 fully saturated rings. The molecule has 0 bridgehead atoms. The molecule has 84 valence electrons. The van der Waals surface area contributed by atoms with Crippen LogP contribution in [0.1, 0.15) is 37.4 Å². The van der Waals surface area contributed by atoms with Gasteiger partial charge in [-0.15, -0.1) is 0 Å². The van der Waals surface area contributed by atoms with E-state index in [1.165, 1.54) is 0 Å². The molecule has 0 aromatic carbocycles. The van der Waals surface area contributed by atoms with Crippen molar-refractivity contribution >= 4 is 0 Å². The number of nitrogens with one attached hydrogen (secondary N) is 1. The molecule has 1 aromatic rings. The van der Waals surface area contributed by atoms with Gasteiger partial charge in [0.25, 0.3) is 0 Å². The van der Waals surface area contributed by atoms with E-state index in [-0.39, 0.29) is 0 Å². The smallest absolute Gasteiger partial charge is 0.223 e. The van der Waals surface area contributed by atoms with E-state index in [4.69, 9.17) is 4.52 Å². The molecule has 15 heavy (non-hydrogen) atoms. The van der Waals surface area contributed by atoms with E-state index in [9.17, 15) is 5.11 Å². The SMILES string of the molecule is Cc1nc(CNCC2(O)CCCC2)no1. The standard InChI is InChI=1S/C10H17N3O2/c1-8-12-9(13-15-8)6-11-7-10(14)4-2-3-5-10/h11,14H,2-7H2,1H3. The zero-order valence-corrected chi connectivity index (χ0v) is 8.99. The molecule has 0 unspecified atom stereocenters. The van der Waals surface area contributed by atoms with Crippen molar-refractivity contribution in [2.45, 2.75) is 44.8 Å². The average Bonchev–Trinajstić information content (AvgIpc) is 2.76. The van der Waals surface area contributed by atoms with Gasteiger partial charge in [-0.2, -0.15) is 4.98 Å². The van der Waals surface area contributed by atoms with Gasteiger partial charge in [-0.25, -0.2) is 0 Å². The van der Waals surface area contributed by atoms with E-state index in [1.54, 1.807) is 6.92 Å². The number of aryl methyl sites for hydroxylation is 1. The van der Waals surface area contributed by atoms with Gasteiger partial charge in [0.05, 0.1) is 12.1 Å². The largest absolute Gasteiger partial charge is 0.389 e.